The van der Waals surface area contributed by atoms with Gasteiger partial charge in [-0.2, -0.15) is 13.2 Å². The molecule has 0 radical (unpaired) electrons. The lowest BCUT2D eigenvalue weighted by Crippen LogP contribution is -2.44. The van der Waals surface area contributed by atoms with E-state index in [1.165, 1.54) is 32.6 Å². The van der Waals surface area contributed by atoms with Gasteiger partial charge in [0.25, 0.3) is 0 Å². The molecule has 9 nitrogen and oxygen atoms in total. The molecule has 0 amide bonds. The van der Waals surface area contributed by atoms with E-state index in [2.05, 4.69) is 20.4 Å². The molecule has 0 unspecified atom stereocenters. The molecule has 3 aromatic rings. The van der Waals surface area contributed by atoms with Crippen molar-refractivity contribution in [3.05, 3.63) is 24.0 Å². The number of sulfonamides is 1. The largest absolute Gasteiger partial charge is 0.419 e. The van der Waals surface area contributed by atoms with Crippen molar-refractivity contribution < 1.29 is 21.6 Å². The number of piperidine rings is 1. The number of anilines is 2. The molecule has 0 aliphatic carbocycles. The number of nitrogens with zero attached hydrogens (tertiary/aromatic N) is 5. The first-order valence-corrected chi connectivity index (χ1v) is 12.2. The Hall–Kier alpha value is -2.45. The molecule has 174 valence electrons. The molecule has 4 heterocycles. The van der Waals surface area contributed by atoms with Gasteiger partial charge in [-0.25, -0.2) is 27.2 Å². The third-order valence-electron chi connectivity index (χ3n) is 5.34. The van der Waals surface area contributed by atoms with Gasteiger partial charge in [-0.05, 0) is 32.8 Å². The molecule has 3 aromatic heterocycles. The van der Waals surface area contributed by atoms with Gasteiger partial charge >= 0.3 is 6.18 Å². The first-order chi connectivity index (χ1) is 15.0. The first kappa shape index (κ1) is 22.7. The zero-order valence-electron chi connectivity index (χ0n) is 17.3. The number of imidazole rings is 1. The predicted molar refractivity (Wildman–Crippen MR) is 116 cm³/mol. The molecule has 0 bridgehead atoms. The normalized spacial score (nSPS) is 16.8. The Balaban J connectivity index is 1.51. The van der Waals surface area contributed by atoms with Gasteiger partial charge in [-0.3, -0.25) is 0 Å². The van der Waals surface area contributed by atoms with Crippen LogP contribution in [0, 0.1) is 0 Å². The minimum Gasteiger partial charge on any atom is -0.383 e. The summed E-state index contributed by atoms with van der Waals surface area (Å²) < 4.78 is 67.2. The number of rotatable bonds is 5. The standard InChI is InChI=1S/C18H22F3N7O2S2/c1-10(2)32(29,30)27-5-3-12(4-6-27)25-16-26-28-14(9-24-17(28)31-16)11-7-13(18(19,20)21)15(22)23-8-11/h7-10,12H,3-6H2,1-2H3,(H2,22,23)(H,25,26). The maximum atomic E-state index is 13.2. The van der Waals surface area contributed by atoms with Gasteiger partial charge in [-0.15, -0.1) is 5.10 Å². The molecule has 1 aliphatic heterocycles. The molecule has 3 N–H and O–H groups in total. The number of hydrogen-bond donors (Lipinski definition) is 2. The van der Waals surface area contributed by atoms with Gasteiger partial charge in [0.15, 0.2) is 0 Å². The Morgan fingerprint density at radius 3 is 2.53 bits per heavy atom. The zero-order valence-corrected chi connectivity index (χ0v) is 18.9. The number of pyridine rings is 1. The van der Waals surface area contributed by atoms with Gasteiger partial charge in [0.1, 0.15) is 5.82 Å². The van der Waals surface area contributed by atoms with Crippen molar-refractivity contribution in [1.82, 2.24) is 23.9 Å². The number of nitrogens with two attached hydrogens (primary N) is 1. The number of alkyl halides is 3. The van der Waals surface area contributed by atoms with E-state index in [0.29, 0.717) is 41.7 Å². The zero-order chi connectivity index (χ0) is 23.3. The highest BCUT2D eigenvalue weighted by atomic mass is 32.2. The van der Waals surface area contributed by atoms with E-state index in [-0.39, 0.29) is 11.6 Å². The molecule has 14 heteroatoms. The number of fused-ring (bicyclic) bond motifs is 1. The Morgan fingerprint density at radius 1 is 1.22 bits per heavy atom. The van der Waals surface area contributed by atoms with E-state index >= 15 is 0 Å². The molecule has 0 spiro atoms. The van der Waals surface area contributed by atoms with Crippen LogP contribution >= 0.6 is 11.3 Å². The summed E-state index contributed by atoms with van der Waals surface area (Å²) in [5.74, 6) is -0.589. The Morgan fingerprint density at radius 2 is 1.91 bits per heavy atom. The number of aromatic nitrogens is 4. The minimum absolute atomic E-state index is 0.0305. The predicted octanol–water partition coefficient (Wildman–Crippen LogP) is 3.07. The minimum atomic E-state index is -4.62. The Labute approximate surface area is 186 Å². The van der Waals surface area contributed by atoms with Crippen LogP contribution in [-0.4, -0.2) is 56.7 Å². The molecule has 32 heavy (non-hydrogen) atoms. The number of halogens is 3. The summed E-state index contributed by atoms with van der Waals surface area (Å²) in [5, 5.41) is 7.83. The summed E-state index contributed by atoms with van der Waals surface area (Å²) in [6.45, 7) is 4.17. The summed E-state index contributed by atoms with van der Waals surface area (Å²) in [6.07, 6.45) is -0.685. The van der Waals surface area contributed by atoms with E-state index in [1.54, 1.807) is 13.8 Å². The van der Waals surface area contributed by atoms with Crippen LogP contribution in [0.15, 0.2) is 18.5 Å². The van der Waals surface area contributed by atoms with Crippen molar-refractivity contribution in [2.75, 3.05) is 24.1 Å². The van der Waals surface area contributed by atoms with E-state index in [0.717, 1.165) is 6.07 Å². The van der Waals surface area contributed by atoms with Crippen LogP contribution in [0.4, 0.5) is 24.1 Å². The average Bonchev–Trinajstić information content (AvgIpc) is 3.28. The molecule has 4 rings (SSSR count). The third-order valence-corrected chi connectivity index (χ3v) is 8.47. The quantitative estimate of drug-likeness (QED) is 0.565. The number of hydrogen-bond acceptors (Lipinski definition) is 8. The number of nitrogen functional groups attached to an aromatic ring is 1. The maximum Gasteiger partial charge on any atom is 0.419 e. The highest BCUT2D eigenvalue weighted by molar-refractivity contribution is 7.89. The Bertz CT molecular complexity index is 1230. The molecule has 1 fully saturated rings. The summed E-state index contributed by atoms with van der Waals surface area (Å²) in [4.78, 5) is 8.42. The van der Waals surface area contributed by atoms with Gasteiger partial charge in [0, 0.05) is 30.9 Å². The monoisotopic (exact) mass is 489 g/mol. The third kappa shape index (κ3) is 4.26. The summed E-state index contributed by atoms with van der Waals surface area (Å²) >= 11 is 1.26. The molecule has 0 atom stereocenters. The Kier molecular flexibility index (Phi) is 5.79. The lowest BCUT2D eigenvalue weighted by atomic mass is 10.1. The van der Waals surface area contributed by atoms with Crippen LogP contribution < -0.4 is 11.1 Å². The van der Waals surface area contributed by atoms with Crippen molar-refractivity contribution in [1.29, 1.82) is 0 Å². The summed E-state index contributed by atoms with van der Waals surface area (Å²) in [5.41, 5.74) is 4.93. The molecular formula is C18H22F3N7O2S2. The summed E-state index contributed by atoms with van der Waals surface area (Å²) in [6, 6.07) is 0.964. The maximum absolute atomic E-state index is 13.2. The van der Waals surface area contributed by atoms with Crippen molar-refractivity contribution in [2.24, 2.45) is 0 Å². The van der Waals surface area contributed by atoms with E-state index < -0.39 is 32.8 Å². The fourth-order valence-electron chi connectivity index (χ4n) is 3.52. The van der Waals surface area contributed by atoms with Gasteiger partial charge in [0.05, 0.1) is 22.7 Å². The SMILES string of the molecule is CC(C)S(=O)(=O)N1CCC(Nc2nn3c(-c4cnc(N)c(C(F)(F)F)c4)cnc3s2)CC1. The second kappa shape index (κ2) is 8.15. The van der Waals surface area contributed by atoms with Crippen LogP contribution in [0.5, 0.6) is 0 Å². The molecular weight excluding hydrogens is 467 g/mol. The van der Waals surface area contributed by atoms with Crippen LogP contribution in [0.3, 0.4) is 0 Å². The molecule has 0 saturated carbocycles. The highest BCUT2D eigenvalue weighted by Crippen LogP contribution is 2.35. The van der Waals surface area contributed by atoms with Crippen LogP contribution in [0.25, 0.3) is 16.2 Å². The lowest BCUT2D eigenvalue weighted by Gasteiger charge is -2.32. The van der Waals surface area contributed by atoms with Crippen LogP contribution in [-0.2, 0) is 16.2 Å². The number of nitrogens with one attached hydrogen (secondary N) is 1. The van der Waals surface area contributed by atoms with Crippen molar-refractivity contribution >= 4 is 37.3 Å². The second-order valence-electron chi connectivity index (χ2n) is 7.81. The van der Waals surface area contributed by atoms with Crippen molar-refractivity contribution in [3.8, 4) is 11.3 Å². The van der Waals surface area contributed by atoms with Crippen LogP contribution in [0.1, 0.15) is 32.3 Å². The van der Waals surface area contributed by atoms with Crippen LogP contribution in [0.2, 0.25) is 0 Å². The van der Waals surface area contributed by atoms with Crippen molar-refractivity contribution in [2.45, 2.75) is 44.2 Å². The van der Waals surface area contributed by atoms with E-state index in [9.17, 15) is 21.6 Å². The molecule has 0 aromatic carbocycles. The van der Waals surface area contributed by atoms with Gasteiger partial charge in [0.2, 0.25) is 20.1 Å². The average molecular weight is 490 g/mol. The van der Waals surface area contributed by atoms with Gasteiger partial charge in [-0.1, -0.05) is 11.3 Å². The summed E-state index contributed by atoms with van der Waals surface area (Å²) in [7, 11) is -3.28. The fourth-order valence-corrected chi connectivity index (χ4v) is 5.69. The topological polar surface area (TPSA) is 119 Å². The highest BCUT2D eigenvalue weighted by Gasteiger charge is 2.34. The lowest BCUT2D eigenvalue weighted by molar-refractivity contribution is -0.137. The van der Waals surface area contributed by atoms with Crippen molar-refractivity contribution in [3.63, 3.8) is 0 Å². The molecule has 1 aliphatic rings. The van der Waals surface area contributed by atoms with E-state index in [1.807, 2.05) is 0 Å². The van der Waals surface area contributed by atoms with E-state index in [4.69, 9.17) is 5.73 Å². The first-order valence-electron chi connectivity index (χ1n) is 9.90. The second-order valence-corrected chi connectivity index (χ2v) is 11.3. The smallest absolute Gasteiger partial charge is 0.383 e. The fraction of sp³-hybridized carbons (Fsp3) is 0.500. The van der Waals surface area contributed by atoms with Gasteiger partial charge < -0.3 is 11.1 Å². The molecule has 1 saturated heterocycles.